The maximum absolute atomic E-state index is 12.7. The number of hydrogen-bond acceptors (Lipinski definition) is 3. The maximum Gasteiger partial charge on any atom is 0.247 e. The Hall–Kier alpha value is -1.76. The monoisotopic (exact) mass is 414 g/mol. The molecule has 0 bridgehead atoms. The van der Waals surface area contributed by atoms with Crippen LogP contribution in [0.15, 0.2) is 36.4 Å². The van der Waals surface area contributed by atoms with Crippen molar-refractivity contribution in [2.75, 3.05) is 15.9 Å². The van der Waals surface area contributed by atoms with E-state index in [2.05, 4.69) is 5.32 Å². The van der Waals surface area contributed by atoms with Gasteiger partial charge in [0.2, 0.25) is 15.9 Å². The van der Waals surface area contributed by atoms with Crippen molar-refractivity contribution < 1.29 is 13.2 Å². The minimum Gasteiger partial charge on any atom is -0.324 e. The van der Waals surface area contributed by atoms with Crippen LogP contribution in [0.25, 0.3) is 0 Å². The molecular formula is C18H20Cl2N2O3S. The van der Waals surface area contributed by atoms with Gasteiger partial charge >= 0.3 is 0 Å². The first kappa shape index (κ1) is 20.6. The predicted molar refractivity (Wildman–Crippen MR) is 108 cm³/mol. The van der Waals surface area contributed by atoms with E-state index in [0.29, 0.717) is 27.0 Å². The second-order valence-electron chi connectivity index (χ2n) is 6.12. The molecule has 0 aliphatic rings. The number of aryl methyl sites for hydroxylation is 2. The van der Waals surface area contributed by atoms with Gasteiger partial charge in [-0.1, -0.05) is 35.3 Å². The topological polar surface area (TPSA) is 66.5 Å². The molecule has 0 spiro atoms. The summed E-state index contributed by atoms with van der Waals surface area (Å²) in [4.78, 5) is 12.7. The number of hydrogen-bond donors (Lipinski definition) is 1. The first-order valence-electron chi connectivity index (χ1n) is 7.83. The molecule has 0 aromatic heterocycles. The molecule has 0 heterocycles. The number of nitrogens with zero attached hydrogens (tertiary/aromatic N) is 1. The van der Waals surface area contributed by atoms with Gasteiger partial charge in [-0.2, -0.15) is 0 Å². The minimum atomic E-state index is -3.72. The standard InChI is InChI=1S/C18H20Cl2N2O3S/c1-11-6-8-15(10-16(11)20)21-18(23)13(3)22(26(4,24)25)17-9-14(19)7-5-12(17)2/h5-10,13H,1-4H3,(H,21,23)/t13-/m1/s1. The lowest BCUT2D eigenvalue weighted by Gasteiger charge is -2.29. The van der Waals surface area contributed by atoms with Crippen LogP contribution in [0.4, 0.5) is 11.4 Å². The highest BCUT2D eigenvalue weighted by Crippen LogP contribution is 2.29. The van der Waals surface area contributed by atoms with Crippen molar-refractivity contribution in [3.05, 3.63) is 57.6 Å². The summed E-state index contributed by atoms with van der Waals surface area (Å²) in [6.07, 6.45) is 1.06. The molecule has 0 aliphatic heterocycles. The van der Waals surface area contributed by atoms with Gasteiger partial charge in [0, 0.05) is 15.7 Å². The van der Waals surface area contributed by atoms with E-state index < -0.39 is 22.0 Å². The highest BCUT2D eigenvalue weighted by molar-refractivity contribution is 7.92. The second-order valence-corrected chi connectivity index (χ2v) is 8.82. The molecule has 8 heteroatoms. The molecule has 0 fully saturated rings. The summed E-state index contributed by atoms with van der Waals surface area (Å²) in [6.45, 7) is 5.13. The number of sulfonamides is 1. The van der Waals surface area contributed by atoms with Gasteiger partial charge in [0.05, 0.1) is 11.9 Å². The molecule has 0 saturated heterocycles. The van der Waals surface area contributed by atoms with Gasteiger partial charge in [-0.25, -0.2) is 8.42 Å². The van der Waals surface area contributed by atoms with Gasteiger partial charge in [0.25, 0.3) is 0 Å². The van der Waals surface area contributed by atoms with Crippen LogP contribution in [0.2, 0.25) is 10.0 Å². The number of nitrogens with one attached hydrogen (secondary N) is 1. The fourth-order valence-electron chi connectivity index (χ4n) is 2.52. The molecule has 0 saturated carbocycles. The largest absolute Gasteiger partial charge is 0.324 e. The number of benzene rings is 2. The molecule has 0 aliphatic carbocycles. The van der Waals surface area contributed by atoms with Crippen molar-refractivity contribution >= 4 is 50.5 Å². The highest BCUT2D eigenvalue weighted by Gasteiger charge is 2.30. The Morgan fingerprint density at radius 3 is 2.27 bits per heavy atom. The number of anilines is 2. The van der Waals surface area contributed by atoms with Crippen molar-refractivity contribution in [3.8, 4) is 0 Å². The lowest BCUT2D eigenvalue weighted by atomic mass is 10.1. The van der Waals surface area contributed by atoms with Gasteiger partial charge in [-0.05, 0) is 56.2 Å². The van der Waals surface area contributed by atoms with Gasteiger partial charge in [0.15, 0.2) is 0 Å². The average molecular weight is 415 g/mol. The average Bonchev–Trinajstić information content (AvgIpc) is 2.53. The van der Waals surface area contributed by atoms with Crippen LogP contribution in [-0.2, 0) is 14.8 Å². The Balaban J connectivity index is 2.37. The first-order chi connectivity index (χ1) is 12.0. The number of rotatable bonds is 5. The summed E-state index contributed by atoms with van der Waals surface area (Å²) >= 11 is 12.1. The fourth-order valence-corrected chi connectivity index (χ4v) is 4.09. The van der Waals surface area contributed by atoms with E-state index in [1.54, 1.807) is 37.3 Å². The molecule has 2 rings (SSSR count). The summed E-state index contributed by atoms with van der Waals surface area (Å²) in [5.41, 5.74) is 2.43. The normalized spacial score (nSPS) is 12.5. The van der Waals surface area contributed by atoms with E-state index in [1.807, 2.05) is 6.92 Å². The van der Waals surface area contributed by atoms with E-state index in [1.165, 1.54) is 13.0 Å². The van der Waals surface area contributed by atoms with Crippen molar-refractivity contribution in [1.82, 2.24) is 0 Å². The van der Waals surface area contributed by atoms with E-state index in [0.717, 1.165) is 16.1 Å². The zero-order valence-electron chi connectivity index (χ0n) is 14.9. The molecule has 26 heavy (non-hydrogen) atoms. The maximum atomic E-state index is 12.7. The molecular weight excluding hydrogens is 395 g/mol. The van der Waals surface area contributed by atoms with E-state index in [-0.39, 0.29) is 0 Å². The second kappa shape index (κ2) is 7.86. The van der Waals surface area contributed by atoms with E-state index >= 15 is 0 Å². The smallest absolute Gasteiger partial charge is 0.247 e. The Morgan fingerprint density at radius 2 is 1.69 bits per heavy atom. The Bertz CT molecular complexity index is 945. The van der Waals surface area contributed by atoms with Crippen LogP contribution in [-0.4, -0.2) is 26.6 Å². The van der Waals surface area contributed by atoms with Crippen LogP contribution >= 0.6 is 23.2 Å². The zero-order valence-corrected chi connectivity index (χ0v) is 17.2. The van der Waals surface area contributed by atoms with Crippen LogP contribution in [0, 0.1) is 13.8 Å². The molecule has 2 aromatic rings. The van der Waals surface area contributed by atoms with Crippen LogP contribution in [0.3, 0.4) is 0 Å². The molecule has 0 unspecified atom stereocenters. The lowest BCUT2D eigenvalue weighted by molar-refractivity contribution is -0.116. The molecule has 1 amide bonds. The highest BCUT2D eigenvalue weighted by atomic mass is 35.5. The summed E-state index contributed by atoms with van der Waals surface area (Å²) in [5.74, 6) is -0.477. The van der Waals surface area contributed by atoms with E-state index in [9.17, 15) is 13.2 Å². The first-order valence-corrected chi connectivity index (χ1v) is 10.4. The lowest BCUT2D eigenvalue weighted by Crippen LogP contribution is -2.45. The predicted octanol–water partition coefficient (Wildman–Crippen LogP) is 4.40. The summed E-state index contributed by atoms with van der Waals surface area (Å²) < 4.78 is 25.8. The number of carbonyl (C=O) groups is 1. The van der Waals surface area contributed by atoms with Gasteiger partial charge < -0.3 is 5.32 Å². The van der Waals surface area contributed by atoms with Crippen molar-refractivity contribution in [3.63, 3.8) is 0 Å². The Kier molecular flexibility index (Phi) is 6.21. The summed E-state index contributed by atoms with van der Waals surface area (Å²) in [5, 5.41) is 3.60. The third kappa shape index (κ3) is 4.69. The molecule has 1 atom stereocenters. The van der Waals surface area contributed by atoms with Crippen LogP contribution in [0.1, 0.15) is 18.1 Å². The molecule has 0 radical (unpaired) electrons. The Labute approximate surface area is 164 Å². The molecule has 140 valence electrons. The molecule has 1 N–H and O–H groups in total. The number of carbonyl (C=O) groups excluding carboxylic acids is 1. The SMILES string of the molecule is Cc1ccc(NC(=O)[C@@H](C)N(c2cc(Cl)ccc2C)S(C)(=O)=O)cc1Cl. The van der Waals surface area contributed by atoms with Gasteiger partial charge in [-0.3, -0.25) is 9.10 Å². The molecule has 2 aromatic carbocycles. The third-order valence-electron chi connectivity index (χ3n) is 3.94. The fraction of sp³-hybridized carbons (Fsp3) is 0.278. The quantitative estimate of drug-likeness (QED) is 0.787. The van der Waals surface area contributed by atoms with Crippen molar-refractivity contribution in [2.45, 2.75) is 26.8 Å². The van der Waals surface area contributed by atoms with Crippen LogP contribution in [0.5, 0.6) is 0 Å². The Morgan fingerprint density at radius 1 is 1.08 bits per heavy atom. The van der Waals surface area contributed by atoms with Crippen molar-refractivity contribution in [1.29, 1.82) is 0 Å². The van der Waals surface area contributed by atoms with Crippen molar-refractivity contribution in [2.24, 2.45) is 0 Å². The summed E-state index contributed by atoms with van der Waals surface area (Å²) in [7, 11) is -3.72. The van der Waals surface area contributed by atoms with E-state index in [4.69, 9.17) is 23.2 Å². The number of halogens is 2. The summed E-state index contributed by atoms with van der Waals surface area (Å²) in [6, 6.07) is 9.03. The van der Waals surface area contributed by atoms with Crippen LogP contribution < -0.4 is 9.62 Å². The zero-order chi connectivity index (χ0) is 19.6. The van der Waals surface area contributed by atoms with Gasteiger partial charge in [-0.15, -0.1) is 0 Å². The minimum absolute atomic E-state index is 0.365. The number of amides is 1. The molecule has 5 nitrogen and oxygen atoms in total. The third-order valence-corrected chi connectivity index (χ3v) is 5.81. The van der Waals surface area contributed by atoms with Gasteiger partial charge in [0.1, 0.15) is 6.04 Å².